The quantitative estimate of drug-likeness (QED) is 0.812. The van der Waals surface area contributed by atoms with E-state index in [1.807, 2.05) is 26.0 Å². The van der Waals surface area contributed by atoms with E-state index in [9.17, 15) is 4.79 Å². The molecule has 1 aliphatic heterocycles. The molecule has 1 saturated heterocycles. The number of carboxylic acids is 1. The van der Waals surface area contributed by atoms with Gasteiger partial charge in [-0.1, -0.05) is 29.3 Å². The molecule has 0 amide bonds. The molecule has 124 valence electrons. The fourth-order valence-corrected chi connectivity index (χ4v) is 3.07. The van der Waals surface area contributed by atoms with Crippen LogP contribution < -0.4 is 0 Å². The summed E-state index contributed by atoms with van der Waals surface area (Å²) in [4.78, 5) is 13.1. The van der Waals surface area contributed by atoms with Gasteiger partial charge >= 0.3 is 5.97 Å². The Morgan fingerprint density at radius 2 is 2.04 bits per heavy atom. The van der Waals surface area contributed by atoms with Gasteiger partial charge in [0.05, 0.1) is 5.92 Å². The molecule has 1 aromatic rings. The number of carbonyl (C=O) groups is 1. The number of halogens is 1. The maximum absolute atomic E-state index is 10.9. The lowest BCUT2D eigenvalue weighted by molar-refractivity contribution is -0.147. The molecule has 1 heterocycles. The topological polar surface area (TPSA) is 40.5 Å². The van der Waals surface area contributed by atoms with Crippen LogP contribution in [0.25, 0.3) is 5.57 Å². The lowest BCUT2D eigenvalue weighted by Gasteiger charge is -2.37. The standard InChI is InChI=1S/C19H24ClNO2/c1-5-17(15-6-7-18(20)12(2)8-15)14(4)13(3)9-21-10-16(11-21)19(22)23/h5-8,16H,9-11H2,1-4H3,(H,22,23)/b14-13+,17-5+. The zero-order valence-corrected chi connectivity index (χ0v) is 14.9. The Morgan fingerprint density at radius 3 is 2.57 bits per heavy atom. The largest absolute Gasteiger partial charge is 0.481 e. The first-order valence-electron chi connectivity index (χ1n) is 7.88. The SMILES string of the molecule is C/C=C(\C(C)=C(/C)CN1CC(C(=O)O)C1)c1ccc(Cl)c(C)c1. The molecule has 3 nitrogen and oxygen atoms in total. The van der Waals surface area contributed by atoms with Gasteiger partial charge in [0.1, 0.15) is 0 Å². The molecule has 1 N–H and O–H groups in total. The van der Waals surface area contributed by atoms with E-state index in [1.54, 1.807) is 0 Å². The molecule has 2 rings (SSSR count). The number of benzene rings is 1. The average molecular weight is 334 g/mol. The number of aliphatic carboxylic acids is 1. The van der Waals surface area contributed by atoms with Crippen LogP contribution in [0.2, 0.25) is 5.02 Å². The normalized spacial score (nSPS) is 17.7. The summed E-state index contributed by atoms with van der Waals surface area (Å²) < 4.78 is 0. The van der Waals surface area contributed by atoms with Crippen LogP contribution in [0.15, 0.2) is 35.4 Å². The van der Waals surface area contributed by atoms with E-state index in [0.717, 1.165) is 17.1 Å². The molecule has 0 saturated carbocycles. The number of rotatable bonds is 5. The first kappa shape index (κ1) is 17.8. The van der Waals surface area contributed by atoms with Crippen molar-refractivity contribution in [3.05, 3.63) is 51.6 Å². The van der Waals surface area contributed by atoms with Crippen molar-refractivity contribution >= 4 is 23.1 Å². The molecule has 0 aliphatic carbocycles. The van der Waals surface area contributed by atoms with E-state index in [4.69, 9.17) is 16.7 Å². The maximum atomic E-state index is 10.9. The highest BCUT2D eigenvalue weighted by atomic mass is 35.5. The van der Waals surface area contributed by atoms with Crippen molar-refractivity contribution in [1.29, 1.82) is 0 Å². The minimum Gasteiger partial charge on any atom is -0.481 e. The highest BCUT2D eigenvalue weighted by molar-refractivity contribution is 6.31. The Labute approximate surface area is 143 Å². The van der Waals surface area contributed by atoms with E-state index >= 15 is 0 Å². The third kappa shape index (κ3) is 4.04. The van der Waals surface area contributed by atoms with Gasteiger partial charge < -0.3 is 5.11 Å². The second-order valence-electron chi connectivity index (χ2n) is 6.30. The zero-order valence-electron chi connectivity index (χ0n) is 14.2. The molecule has 0 spiro atoms. The van der Waals surface area contributed by atoms with Gasteiger partial charge in [0.25, 0.3) is 0 Å². The molecule has 1 fully saturated rings. The number of hydrogen-bond acceptors (Lipinski definition) is 2. The van der Waals surface area contributed by atoms with E-state index in [2.05, 4.69) is 30.9 Å². The van der Waals surface area contributed by atoms with Crippen molar-refractivity contribution in [3.63, 3.8) is 0 Å². The Morgan fingerprint density at radius 1 is 1.39 bits per heavy atom. The highest BCUT2D eigenvalue weighted by Crippen LogP contribution is 2.29. The summed E-state index contributed by atoms with van der Waals surface area (Å²) in [6.07, 6.45) is 2.12. The third-order valence-electron chi connectivity index (χ3n) is 4.57. The van der Waals surface area contributed by atoms with Crippen LogP contribution in [0.4, 0.5) is 0 Å². The van der Waals surface area contributed by atoms with Gasteiger partial charge in [0.15, 0.2) is 0 Å². The monoisotopic (exact) mass is 333 g/mol. The van der Waals surface area contributed by atoms with Crippen molar-refractivity contribution in [1.82, 2.24) is 4.90 Å². The predicted octanol–water partition coefficient (Wildman–Crippen LogP) is 4.40. The van der Waals surface area contributed by atoms with Crippen molar-refractivity contribution in [2.75, 3.05) is 19.6 Å². The fourth-order valence-electron chi connectivity index (χ4n) is 2.95. The minimum absolute atomic E-state index is 0.205. The smallest absolute Gasteiger partial charge is 0.309 e. The Balaban J connectivity index is 2.13. The van der Waals surface area contributed by atoms with Crippen LogP contribution in [-0.4, -0.2) is 35.6 Å². The molecular weight excluding hydrogens is 310 g/mol. The zero-order chi connectivity index (χ0) is 17.1. The second-order valence-corrected chi connectivity index (χ2v) is 6.71. The molecular formula is C19H24ClNO2. The number of nitrogens with zero attached hydrogens (tertiary/aromatic N) is 1. The molecule has 0 aromatic heterocycles. The summed E-state index contributed by atoms with van der Waals surface area (Å²) in [5.41, 5.74) is 5.96. The van der Waals surface area contributed by atoms with Gasteiger partial charge in [-0.15, -0.1) is 0 Å². The van der Waals surface area contributed by atoms with Crippen molar-refractivity contribution in [2.45, 2.75) is 27.7 Å². The molecule has 0 radical (unpaired) electrons. The Bertz CT molecular complexity index is 670. The lowest BCUT2D eigenvalue weighted by Crippen LogP contribution is -2.50. The van der Waals surface area contributed by atoms with Gasteiger partial charge in [0.2, 0.25) is 0 Å². The first-order valence-corrected chi connectivity index (χ1v) is 8.26. The number of allylic oxidation sites excluding steroid dienone is 3. The van der Waals surface area contributed by atoms with Gasteiger partial charge in [-0.2, -0.15) is 0 Å². The van der Waals surface area contributed by atoms with Crippen molar-refractivity contribution in [2.24, 2.45) is 5.92 Å². The summed E-state index contributed by atoms with van der Waals surface area (Å²) in [5, 5.41) is 9.74. The third-order valence-corrected chi connectivity index (χ3v) is 4.99. The fraction of sp³-hybridized carbons (Fsp3) is 0.421. The van der Waals surface area contributed by atoms with Crippen LogP contribution in [0, 0.1) is 12.8 Å². The number of carboxylic acid groups (broad SMARTS) is 1. The van der Waals surface area contributed by atoms with Crippen LogP contribution in [-0.2, 0) is 4.79 Å². The second kappa shape index (κ2) is 7.33. The van der Waals surface area contributed by atoms with Crippen LogP contribution >= 0.6 is 11.6 Å². The number of hydrogen-bond donors (Lipinski definition) is 1. The average Bonchev–Trinajstić information content (AvgIpc) is 2.46. The summed E-state index contributed by atoms with van der Waals surface area (Å²) in [6.45, 7) is 10.4. The molecule has 1 aliphatic rings. The van der Waals surface area contributed by atoms with Crippen molar-refractivity contribution in [3.8, 4) is 0 Å². The van der Waals surface area contributed by atoms with Crippen LogP contribution in [0.3, 0.4) is 0 Å². The molecule has 0 bridgehead atoms. The van der Waals surface area contributed by atoms with Crippen LogP contribution in [0.1, 0.15) is 31.9 Å². The Kier molecular flexibility index (Phi) is 5.66. The van der Waals surface area contributed by atoms with Gasteiger partial charge in [0, 0.05) is 24.7 Å². The number of aryl methyl sites for hydroxylation is 1. The summed E-state index contributed by atoms with van der Waals surface area (Å²) in [7, 11) is 0. The van der Waals surface area contributed by atoms with E-state index in [0.29, 0.717) is 13.1 Å². The predicted molar refractivity (Wildman–Crippen MR) is 95.8 cm³/mol. The Hall–Kier alpha value is -1.58. The van der Waals surface area contributed by atoms with Crippen molar-refractivity contribution < 1.29 is 9.90 Å². The van der Waals surface area contributed by atoms with E-state index in [1.165, 1.54) is 22.3 Å². The maximum Gasteiger partial charge on any atom is 0.309 e. The van der Waals surface area contributed by atoms with Gasteiger partial charge in [-0.3, -0.25) is 9.69 Å². The van der Waals surface area contributed by atoms with E-state index < -0.39 is 5.97 Å². The molecule has 23 heavy (non-hydrogen) atoms. The number of likely N-dealkylation sites (tertiary alicyclic amines) is 1. The minimum atomic E-state index is -0.689. The molecule has 1 aromatic carbocycles. The molecule has 0 atom stereocenters. The summed E-state index contributed by atoms with van der Waals surface area (Å²) >= 11 is 6.12. The highest BCUT2D eigenvalue weighted by Gasteiger charge is 2.32. The molecule has 0 unspecified atom stereocenters. The van der Waals surface area contributed by atoms with Gasteiger partial charge in [-0.05, 0) is 62.1 Å². The molecule has 4 heteroatoms. The van der Waals surface area contributed by atoms with E-state index in [-0.39, 0.29) is 5.92 Å². The van der Waals surface area contributed by atoms with Crippen LogP contribution in [0.5, 0.6) is 0 Å². The first-order chi connectivity index (χ1) is 10.8. The summed E-state index contributed by atoms with van der Waals surface area (Å²) in [5.74, 6) is -0.895. The summed E-state index contributed by atoms with van der Waals surface area (Å²) in [6, 6.07) is 6.09. The van der Waals surface area contributed by atoms with Gasteiger partial charge in [-0.25, -0.2) is 0 Å². The lowest BCUT2D eigenvalue weighted by atomic mass is 9.93.